The summed E-state index contributed by atoms with van der Waals surface area (Å²) < 4.78 is 0. The van der Waals surface area contributed by atoms with Gasteiger partial charge in [-0.25, -0.2) is 0 Å². The van der Waals surface area contributed by atoms with Crippen molar-refractivity contribution in [2.75, 3.05) is 38.0 Å². The van der Waals surface area contributed by atoms with Gasteiger partial charge < -0.3 is 20.4 Å². The van der Waals surface area contributed by atoms with Gasteiger partial charge in [0.2, 0.25) is 0 Å². The van der Waals surface area contributed by atoms with E-state index in [2.05, 4.69) is 15.5 Å². The van der Waals surface area contributed by atoms with E-state index in [-0.39, 0.29) is 5.91 Å². The summed E-state index contributed by atoms with van der Waals surface area (Å²) in [6, 6.07) is 7.87. The SMILES string of the molecule is O=C(C[NH+]1CCN(C(=S)NC2CCCCC2)CC1)Nc1ccccc1Cl. The first-order valence-corrected chi connectivity index (χ1v) is 10.3. The lowest BCUT2D eigenvalue weighted by atomic mass is 9.96. The Morgan fingerprint density at radius 1 is 1.19 bits per heavy atom. The second-order valence-corrected chi connectivity index (χ2v) is 8.02. The van der Waals surface area contributed by atoms with Gasteiger partial charge in [-0.2, -0.15) is 0 Å². The number of amides is 1. The van der Waals surface area contributed by atoms with Gasteiger partial charge in [-0.05, 0) is 37.2 Å². The normalized spacial score (nSPS) is 19.2. The van der Waals surface area contributed by atoms with Crippen molar-refractivity contribution < 1.29 is 9.69 Å². The van der Waals surface area contributed by atoms with Crippen LogP contribution in [0.4, 0.5) is 5.69 Å². The van der Waals surface area contributed by atoms with Crippen LogP contribution in [0.2, 0.25) is 5.02 Å². The standard InChI is InChI=1S/C19H27ClN4OS/c20-16-8-4-5-9-17(16)22-18(25)14-23-10-12-24(13-11-23)19(26)21-15-6-2-1-3-7-15/h4-5,8-9,15H,1-3,6-7,10-14H2,(H,21,26)(H,22,25)/p+1. The number of para-hydroxylation sites is 1. The van der Waals surface area contributed by atoms with Gasteiger partial charge >= 0.3 is 0 Å². The Kier molecular flexibility index (Phi) is 7.11. The topological polar surface area (TPSA) is 48.8 Å². The molecule has 7 heteroatoms. The summed E-state index contributed by atoms with van der Waals surface area (Å²) >= 11 is 11.7. The molecule has 1 saturated heterocycles. The molecule has 2 fully saturated rings. The third-order valence-corrected chi connectivity index (χ3v) is 5.95. The summed E-state index contributed by atoms with van der Waals surface area (Å²) in [5.41, 5.74) is 0.676. The van der Waals surface area contributed by atoms with E-state index in [9.17, 15) is 4.79 Å². The Balaban J connectivity index is 1.39. The van der Waals surface area contributed by atoms with Gasteiger partial charge in [-0.3, -0.25) is 4.79 Å². The molecule has 1 amide bonds. The molecule has 0 aromatic heterocycles. The number of piperazine rings is 1. The molecule has 0 spiro atoms. The Bertz CT molecular complexity index is 628. The highest BCUT2D eigenvalue weighted by molar-refractivity contribution is 7.80. The minimum Gasteiger partial charge on any atom is -0.360 e. The molecule has 0 atom stereocenters. The summed E-state index contributed by atoms with van der Waals surface area (Å²) in [5, 5.41) is 7.89. The van der Waals surface area contributed by atoms with Crippen LogP contribution in [-0.4, -0.2) is 54.7 Å². The molecule has 0 radical (unpaired) electrons. The highest BCUT2D eigenvalue weighted by atomic mass is 35.5. The zero-order chi connectivity index (χ0) is 18.4. The monoisotopic (exact) mass is 395 g/mol. The van der Waals surface area contributed by atoms with Gasteiger partial charge in [0.15, 0.2) is 11.7 Å². The van der Waals surface area contributed by atoms with Crippen molar-refractivity contribution in [2.24, 2.45) is 0 Å². The third-order valence-electron chi connectivity index (χ3n) is 5.25. The zero-order valence-corrected chi connectivity index (χ0v) is 16.7. The van der Waals surface area contributed by atoms with E-state index in [1.165, 1.54) is 37.0 Å². The number of thiocarbonyl (C=S) groups is 1. The quantitative estimate of drug-likeness (QED) is 0.679. The Hall–Kier alpha value is -1.37. The van der Waals surface area contributed by atoms with Crippen LogP contribution in [0.15, 0.2) is 24.3 Å². The molecule has 1 aliphatic carbocycles. The van der Waals surface area contributed by atoms with Gasteiger partial charge in [-0.1, -0.05) is 43.0 Å². The second-order valence-electron chi connectivity index (χ2n) is 7.23. The van der Waals surface area contributed by atoms with E-state index < -0.39 is 0 Å². The molecule has 0 bridgehead atoms. The molecule has 1 saturated carbocycles. The first-order chi connectivity index (χ1) is 12.6. The van der Waals surface area contributed by atoms with Gasteiger partial charge in [0.05, 0.1) is 36.9 Å². The molecule has 3 N–H and O–H groups in total. The number of anilines is 1. The van der Waals surface area contributed by atoms with Gasteiger partial charge in [-0.15, -0.1) is 0 Å². The Morgan fingerprint density at radius 3 is 2.58 bits per heavy atom. The smallest absolute Gasteiger partial charge is 0.279 e. The summed E-state index contributed by atoms with van der Waals surface area (Å²) in [6.45, 7) is 4.09. The van der Waals surface area contributed by atoms with E-state index in [0.29, 0.717) is 23.3 Å². The third kappa shape index (κ3) is 5.56. The number of quaternary nitrogens is 1. The van der Waals surface area contributed by atoms with E-state index in [1.807, 2.05) is 18.2 Å². The zero-order valence-electron chi connectivity index (χ0n) is 15.1. The van der Waals surface area contributed by atoms with Crippen LogP contribution in [0.25, 0.3) is 0 Å². The molecular weight excluding hydrogens is 368 g/mol. The van der Waals surface area contributed by atoms with Crippen LogP contribution in [0, 0.1) is 0 Å². The van der Waals surface area contributed by atoms with Crippen LogP contribution < -0.4 is 15.5 Å². The van der Waals surface area contributed by atoms with Crippen molar-refractivity contribution in [3.8, 4) is 0 Å². The molecule has 1 aromatic rings. The Labute approximate surface area is 166 Å². The van der Waals surface area contributed by atoms with Crippen LogP contribution in [-0.2, 0) is 4.79 Å². The average Bonchev–Trinajstić information content (AvgIpc) is 2.65. The first-order valence-electron chi connectivity index (χ1n) is 9.55. The maximum absolute atomic E-state index is 12.3. The number of nitrogens with one attached hydrogen (secondary N) is 3. The number of carbonyl (C=O) groups excluding carboxylic acids is 1. The van der Waals surface area contributed by atoms with Crippen LogP contribution >= 0.6 is 23.8 Å². The molecule has 5 nitrogen and oxygen atoms in total. The van der Waals surface area contributed by atoms with Crippen molar-refractivity contribution in [1.29, 1.82) is 0 Å². The molecule has 26 heavy (non-hydrogen) atoms. The number of rotatable bonds is 4. The molecule has 2 aliphatic rings. The van der Waals surface area contributed by atoms with Gasteiger partial charge in [0.25, 0.3) is 5.91 Å². The van der Waals surface area contributed by atoms with Crippen LogP contribution in [0.3, 0.4) is 0 Å². The fourth-order valence-electron chi connectivity index (χ4n) is 3.70. The van der Waals surface area contributed by atoms with Crippen LogP contribution in [0.1, 0.15) is 32.1 Å². The first kappa shape index (κ1) is 19.4. The van der Waals surface area contributed by atoms with Gasteiger partial charge in [0.1, 0.15) is 0 Å². The number of benzene rings is 1. The van der Waals surface area contributed by atoms with Crippen molar-refractivity contribution in [3.63, 3.8) is 0 Å². The number of carbonyl (C=O) groups is 1. The molecule has 1 aromatic carbocycles. The summed E-state index contributed by atoms with van der Waals surface area (Å²) in [4.78, 5) is 15.8. The fourth-order valence-corrected chi connectivity index (χ4v) is 4.23. The molecular formula is C19H28ClN4OS+. The summed E-state index contributed by atoms with van der Waals surface area (Å²) in [6.07, 6.45) is 6.42. The summed E-state index contributed by atoms with van der Waals surface area (Å²) in [7, 11) is 0. The minimum atomic E-state index is 0.00413. The number of hydrogen-bond donors (Lipinski definition) is 3. The van der Waals surface area contributed by atoms with Crippen molar-refractivity contribution in [2.45, 2.75) is 38.1 Å². The van der Waals surface area contributed by atoms with Crippen molar-refractivity contribution >= 4 is 40.5 Å². The lowest BCUT2D eigenvalue weighted by Crippen LogP contribution is -3.15. The van der Waals surface area contributed by atoms with Crippen molar-refractivity contribution in [3.05, 3.63) is 29.3 Å². The predicted molar refractivity (Wildman–Crippen MR) is 110 cm³/mol. The largest absolute Gasteiger partial charge is 0.360 e. The fraction of sp³-hybridized carbons (Fsp3) is 0.579. The van der Waals surface area contributed by atoms with E-state index in [4.69, 9.17) is 23.8 Å². The number of nitrogens with zero attached hydrogens (tertiary/aromatic N) is 1. The number of halogens is 1. The Morgan fingerprint density at radius 2 is 1.88 bits per heavy atom. The molecule has 3 rings (SSSR count). The highest BCUT2D eigenvalue weighted by Gasteiger charge is 2.25. The minimum absolute atomic E-state index is 0.00413. The lowest BCUT2D eigenvalue weighted by Gasteiger charge is -2.35. The number of hydrogen-bond acceptors (Lipinski definition) is 2. The average molecular weight is 396 g/mol. The van der Waals surface area contributed by atoms with Gasteiger partial charge in [0, 0.05) is 6.04 Å². The maximum atomic E-state index is 12.3. The van der Waals surface area contributed by atoms with Crippen molar-refractivity contribution in [1.82, 2.24) is 10.2 Å². The van der Waals surface area contributed by atoms with E-state index in [1.54, 1.807) is 6.07 Å². The second kappa shape index (κ2) is 9.53. The molecule has 0 unspecified atom stereocenters. The van der Waals surface area contributed by atoms with E-state index in [0.717, 1.165) is 31.3 Å². The maximum Gasteiger partial charge on any atom is 0.279 e. The van der Waals surface area contributed by atoms with E-state index >= 15 is 0 Å². The summed E-state index contributed by atoms with van der Waals surface area (Å²) in [5.74, 6) is 0.00413. The predicted octanol–water partition coefficient (Wildman–Crippen LogP) is 1.69. The molecule has 1 heterocycles. The lowest BCUT2D eigenvalue weighted by molar-refractivity contribution is -0.895. The van der Waals surface area contributed by atoms with Crippen LogP contribution in [0.5, 0.6) is 0 Å². The highest BCUT2D eigenvalue weighted by Crippen LogP contribution is 2.20. The molecule has 1 aliphatic heterocycles. The molecule has 142 valence electrons.